The summed E-state index contributed by atoms with van der Waals surface area (Å²) < 4.78 is 18.4. The fourth-order valence-electron chi connectivity index (χ4n) is 5.43. The zero-order valence-electron chi connectivity index (χ0n) is 21.3. The number of unbranched alkanes of at least 4 members (excludes halogenated alkanes) is 2. The Bertz CT molecular complexity index is 811. The van der Waals surface area contributed by atoms with Crippen LogP contribution in [0.5, 0.6) is 0 Å². The van der Waals surface area contributed by atoms with Crippen molar-refractivity contribution in [1.29, 1.82) is 0 Å². The first-order valence-electron chi connectivity index (χ1n) is 13.3. The summed E-state index contributed by atoms with van der Waals surface area (Å²) in [6.45, 7) is 8.99. The third kappa shape index (κ3) is 6.60. The van der Waals surface area contributed by atoms with Gasteiger partial charge in [0.25, 0.3) is 0 Å². The molecule has 3 rings (SSSR count). The van der Waals surface area contributed by atoms with Gasteiger partial charge in [-0.25, -0.2) is 4.79 Å². The van der Waals surface area contributed by atoms with Crippen molar-refractivity contribution in [3.63, 3.8) is 0 Å². The molecule has 1 aromatic carbocycles. The van der Waals surface area contributed by atoms with Gasteiger partial charge >= 0.3 is 11.9 Å². The van der Waals surface area contributed by atoms with E-state index in [4.69, 9.17) is 13.9 Å². The van der Waals surface area contributed by atoms with Crippen LogP contribution in [0.4, 0.5) is 0 Å². The highest BCUT2D eigenvalue weighted by Gasteiger charge is 2.50. The van der Waals surface area contributed by atoms with E-state index in [0.29, 0.717) is 18.4 Å². The summed E-state index contributed by atoms with van der Waals surface area (Å²) in [5.74, 6) is -0.451. The number of ether oxygens (including phenoxy) is 2. The maximum Gasteiger partial charge on any atom is 0.338 e. The van der Waals surface area contributed by atoms with Crippen molar-refractivity contribution in [3.8, 4) is 0 Å². The molecular weight excluding hydrogens is 444 g/mol. The SMILES string of the molecule is CCCCC[C@@H](/C=C/C1[C@H]2CC(=O)O[C@H]2C[C@H]1OC(=O)c1ccccc1)O[Si](CC)(CC)CC. The van der Waals surface area contributed by atoms with Crippen LogP contribution < -0.4 is 0 Å². The lowest BCUT2D eigenvalue weighted by molar-refractivity contribution is -0.141. The summed E-state index contributed by atoms with van der Waals surface area (Å²) in [4.78, 5) is 24.8. The molecule has 2 aliphatic rings. The molecule has 1 saturated carbocycles. The van der Waals surface area contributed by atoms with Crippen LogP contribution in [0, 0.1) is 11.8 Å². The maximum absolute atomic E-state index is 12.8. The average molecular weight is 487 g/mol. The largest absolute Gasteiger partial charge is 0.462 e. The molecule has 1 aliphatic carbocycles. The standard InChI is InChI=1S/C28H42O5Si/c1-5-9-11-16-22(33-34(6-2,7-3)8-4)17-18-23-24-19-27(29)31-26(24)20-25(23)32-28(30)21-14-12-10-13-15-21/h10,12-15,17-18,22-26H,5-9,11,16,19-20H2,1-4H3/b18-17+/t22-,23?,24+,25+,26-/m0/s1. The molecule has 0 radical (unpaired) electrons. The lowest BCUT2D eigenvalue weighted by atomic mass is 9.91. The van der Waals surface area contributed by atoms with E-state index in [1.54, 1.807) is 12.1 Å². The predicted octanol–water partition coefficient (Wildman–Crippen LogP) is 6.69. The van der Waals surface area contributed by atoms with Gasteiger partial charge in [-0.1, -0.05) is 77.3 Å². The van der Waals surface area contributed by atoms with Gasteiger partial charge in [-0.05, 0) is 36.7 Å². The summed E-state index contributed by atoms with van der Waals surface area (Å²) >= 11 is 0. The van der Waals surface area contributed by atoms with E-state index >= 15 is 0 Å². The number of fused-ring (bicyclic) bond motifs is 1. The van der Waals surface area contributed by atoms with E-state index in [1.807, 2.05) is 18.2 Å². The van der Waals surface area contributed by atoms with Gasteiger partial charge in [0.15, 0.2) is 8.32 Å². The minimum Gasteiger partial charge on any atom is -0.462 e. The number of hydrogen-bond donors (Lipinski definition) is 0. The van der Waals surface area contributed by atoms with Crippen molar-refractivity contribution in [1.82, 2.24) is 0 Å². The molecule has 1 unspecified atom stereocenters. The van der Waals surface area contributed by atoms with E-state index in [-0.39, 0.29) is 42.1 Å². The molecule has 6 heteroatoms. The second-order valence-electron chi connectivity index (χ2n) is 9.80. The Morgan fingerprint density at radius 3 is 2.47 bits per heavy atom. The minimum atomic E-state index is -1.76. The number of carbonyl (C=O) groups excluding carboxylic acids is 2. The summed E-state index contributed by atoms with van der Waals surface area (Å²) in [7, 11) is -1.76. The molecule has 1 aromatic rings. The first kappa shape index (κ1) is 26.7. The molecule has 188 valence electrons. The Labute approximate surface area is 206 Å². The Morgan fingerprint density at radius 2 is 1.82 bits per heavy atom. The second-order valence-corrected chi connectivity index (χ2v) is 14.5. The Balaban J connectivity index is 1.78. The Kier molecular flexibility index (Phi) is 9.95. The lowest BCUT2D eigenvalue weighted by Crippen LogP contribution is -2.39. The van der Waals surface area contributed by atoms with Gasteiger partial charge in [-0.2, -0.15) is 0 Å². The van der Waals surface area contributed by atoms with E-state index in [9.17, 15) is 9.59 Å². The third-order valence-electron chi connectivity index (χ3n) is 7.79. The number of benzene rings is 1. The predicted molar refractivity (Wildman–Crippen MR) is 137 cm³/mol. The second kappa shape index (κ2) is 12.7. The highest BCUT2D eigenvalue weighted by atomic mass is 28.4. The molecule has 1 heterocycles. The van der Waals surface area contributed by atoms with Crippen molar-refractivity contribution < 1.29 is 23.5 Å². The minimum absolute atomic E-state index is 0.0395. The molecule has 1 aliphatic heterocycles. The summed E-state index contributed by atoms with van der Waals surface area (Å²) in [5, 5.41) is 0. The van der Waals surface area contributed by atoms with Crippen LogP contribution in [0.3, 0.4) is 0 Å². The Hall–Kier alpha value is -1.92. The average Bonchev–Trinajstić information content (AvgIpc) is 3.36. The molecular formula is C28H42O5Si. The number of esters is 2. The van der Waals surface area contributed by atoms with Crippen molar-refractivity contribution >= 4 is 20.3 Å². The fourth-order valence-corrected chi connectivity index (χ4v) is 8.27. The molecule has 0 bridgehead atoms. The van der Waals surface area contributed by atoms with Crippen LogP contribution >= 0.6 is 0 Å². The molecule has 34 heavy (non-hydrogen) atoms. The van der Waals surface area contributed by atoms with Crippen LogP contribution in [0.25, 0.3) is 0 Å². The molecule has 2 fully saturated rings. The van der Waals surface area contributed by atoms with Crippen LogP contribution in [-0.4, -0.2) is 38.6 Å². The fraction of sp³-hybridized carbons (Fsp3) is 0.643. The summed E-state index contributed by atoms with van der Waals surface area (Å²) in [5.41, 5.74) is 0.546. The molecule has 0 N–H and O–H groups in total. The lowest BCUT2D eigenvalue weighted by Gasteiger charge is -2.32. The van der Waals surface area contributed by atoms with Crippen molar-refractivity contribution in [2.24, 2.45) is 11.8 Å². The Morgan fingerprint density at radius 1 is 1.12 bits per heavy atom. The third-order valence-corrected chi connectivity index (χ3v) is 12.5. The highest BCUT2D eigenvalue weighted by Crippen LogP contribution is 2.44. The first-order valence-corrected chi connectivity index (χ1v) is 15.8. The summed E-state index contributed by atoms with van der Waals surface area (Å²) in [6, 6.07) is 12.4. The van der Waals surface area contributed by atoms with Gasteiger partial charge in [0.05, 0.1) is 18.1 Å². The molecule has 5 nitrogen and oxygen atoms in total. The molecule has 5 atom stereocenters. The van der Waals surface area contributed by atoms with Gasteiger partial charge in [-0.15, -0.1) is 0 Å². The van der Waals surface area contributed by atoms with Crippen LogP contribution in [0.2, 0.25) is 18.1 Å². The van der Waals surface area contributed by atoms with Crippen molar-refractivity contribution in [2.75, 3.05) is 0 Å². The van der Waals surface area contributed by atoms with Gasteiger partial charge in [0.2, 0.25) is 0 Å². The van der Waals surface area contributed by atoms with E-state index in [0.717, 1.165) is 31.0 Å². The number of carbonyl (C=O) groups is 2. The monoisotopic (exact) mass is 486 g/mol. The van der Waals surface area contributed by atoms with Gasteiger partial charge in [0.1, 0.15) is 12.2 Å². The van der Waals surface area contributed by atoms with Crippen LogP contribution in [0.1, 0.15) is 76.6 Å². The first-order chi connectivity index (χ1) is 16.4. The zero-order chi connectivity index (χ0) is 24.6. The van der Waals surface area contributed by atoms with E-state index in [2.05, 4.69) is 39.8 Å². The topological polar surface area (TPSA) is 61.8 Å². The van der Waals surface area contributed by atoms with Crippen molar-refractivity contribution in [2.45, 2.75) is 103 Å². The highest BCUT2D eigenvalue weighted by molar-refractivity contribution is 6.73. The zero-order valence-corrected chi connectivity index (χ0v) is 22.3. The van der Waals surface area contributed by atoms with Gasteiger partial charge in [-0.3, -0.25) is 4.79 Å². The molecule has 0 amide bonds. The molecule has 1 saturated heterocycles. The molecule has 0 spiro atoms. The number of hydrogen-bond acceptors (Lipinski definition) is 5. The van der Waals surface area contributed by atoms with Crippen LogP contribution in [-0.2, 0) is 18.7 Å². The van der Waals surface area contributed by atoms with E-state index in [1.165, 1.54) is 12.8 Å². The normalized spacial score (nSPS) is 25.4. The van der Waals surface area contributed by atoms with Gasteiger partial charge in [0, 0.05) is 18.3 Å². The number of rotatable bonds is 13. The van der Waals surface area contributed by atoms with Crippen LogP contribution in [0.15, 0.2) is 42.5 Å². The van der Waals surface area contributed by atoms with Gasteiger partial charge < -0.3 is 13.9 Å². The maximum atomic E-state index is 12.8. The smallest absolute Gasteiger partial charge is 0.338 e. The van der Waals surface area contributed by atoms with Crippen molar-refractivity contribution in [3.05, 3.63) is 48.0 Å². The van der Waals surface area contributed by atoms with E-state index < -0.39 is 8.32 Å². The quantitative estimate of drug-likeness (QED) is 0.134. The molecule has 0 aromatic heterocycles. The summed E-state index contributed by atoms with van der Waals surface area (Å²) in [6.07, 6.45) is 9.44.